The zero-order chi connectivity index (χ0) is 13.4. The molecule has 1 fully saturated rings. The van der Waals surface area contributed by atoms with E-state index in [-0.39, 0.29) is 11.8 Å². The first-order valence-corrected chi connectivity index (χ1v) is 6.89. The second kappa shape index (κ2) is 4.86. The largest absolute Gasteiger partial charge is 0.330 e. The number of halogens is 1. The van der Waals surface area contributed by atoms with Crippen molar-refractivity contribution in [1.29, 1.82) is 0 Å². The van der Waals surface area contributed by atoms with Crippen LogP contribution in [0.15, 0.2) is 29.0 Å². The second-order valence-electron chi connectivity index (χ2n) is 4.63. The van der Waals surface area contributed by atoms with Gasteiger partial charge in [-0.05, 0) is 40.5 Å². The van der Waals surface area contributed by atoms with Crippen LogP contribution < -0.4 is 10.6 Å². The van der Waals surface area contributed by atoms with Crippen LogP contribution in [0.2, 0.25) is 0 Å². The van der Waals surface area contributed by atoms with E-state index in [4.69, 9.17) is 5.73 Å². The summed E-state index contributed by atoms with van der Waals surface area (Å²) in [5.74, 6) is 0.344. The molecule has 1 saturated heterocycles. The molecule has 0 aliphatic carbocycles. The molecular weight excluding hydrogens is 308 g/mol. The Morgan fingerprint density at radius 3 is 2.89 bits per heavy atom. The molecule has 0 radical (unpaired) electrons. The van der Waals surface area contributed by atoms with Gasteiger partial charge in [-0.3, -0.25) is 14.8 Å². The third-order valence-corrected chi connectivity index (χ3v) is 4.17. The zero-order valence-electron chi connectivity index (χ0n) is 10.2. The van der Waals surface area contributed by atoms with Gasteiger partial charge in [0.1, 0.15) is 5.52 Å². The summed E-state index contributed by atoms with van der Waals surface area (Å²) >= 11 is 3.53. The molecule has 1 amide bonds. The summed E-state index contributed by atoms with van der Waals surface area (Å²) in [6.07, 6.45) is 3.81. The van der Waals surface area contributed by atoms with Crippen LogP contribution in [0, 0.1) is 5.92 Å². The average molecular weight is 321 g/mol. The lowest BCUT2D eigenvalue weighted by molar-refractivity contribution is -0.117. The first-order chi connectivity index (χ1) is 9.20. The van der Waals surface area contributed by atoms with Crippen LogP contribution >= 0.6 is 15.9 Å². The van der Waals surface area contributed by atoms with Gasteiger partial charge in [0.15, 0.2) is 0 Å². The van der Waals surface area contributed by atoms with Gasteiger partial charge in [0.2, 0.25) is 5.91 Å². The third-order valence-electron chi connectivity index (χ3n) is 3.39. The minimum Gasteiger partial charge on any atom is -0.330 e. The summed E-state index contributed by atoms with van der Waals surface area (Å²) in [7, 11) is 0. The van der Waals surface area contributed by atoms with E-state index in [1.54, 1.807) is 17.3 Å². The summed E-state index contributed by atoms with van der Waals surface area (Å²) in [6.45, 7) is 1.20. The highest BCUT2D eigenvalue weighted by Gasteiger charge is 2.31. The maximum atomic E-state index is 12.0. The van der Waals surface area contributed by atoms with Crippen molar-refractivity contribution in [1.82, 2.24) is 9.97 Å². The van der Waals surface area contributed by atoms with Gasteiger partial charge in [0.05, 0.1) is 15.7 Å². The number of hydrogen-bond donors (Lipinski definition) is 1. The molecule has 2 N–H and O–H groups in total. The van der Waals surface area contributed by atoms with Crippen molar-refractivity contribution in [2.45, 2.75) is 6.42 Å². The molecule has 1 aromatic heterocycles. The topological polar surface area (TPSA) is 72.1 Å². The molecule has 2 aromatic rings. The smallest absolute Gasteiger partial charge is 0.227 e. The first-order valence-electron chi connectivity index (χ1n) is 6.10. The number of anilines is 1. The number of carbonyl (C=O) groups is 1. The number of amides is 1. The van der Waals surface area contributed by atoms with Crippen LogP contribution in [-0.2, 0) is 4.79 Å². The van der Waals surface area contributed by atoms with Crippen molar-refractivity contribution in [2.75, 3.05) is 18.0 Å². The van der Waals surface area contributed by atoms with Crippen molar-refractivity contribution in [3.05, 3.63) is 29.0 Å². The van der Waals surface area contributed by atoms with E-state index >= 15 is 0 Å². The molecule has 5 nitrogen and oxygen atoms in total. The van der Waals surface area contributed by atoms with Gasteiger partial charge in [-0.1, -0.05) is 0 Å². The van der Waals surface area contributed by atoms with E-state index in [9.17, 15) is 4.79 Å². The predicted molar refractivity (Wildman–Crippen MR) is 76.8 cm³/mol. The normalized spacial score (nSPS) is 19.4. The second-order valence-corrected chi connectivity index (χ2v) is 5.43. The Hall–Kier alpha value is -1.53. The predicted octanol–water partition coefficient (Wildman–Crippen LogP) is 1.70. The summed E-state index contributed by atoms with van der Waals surface area (Å²) in [5.41, 5.74) is 8.07. The minimum absolute atomic E-state index is 0.111. The van der Waals surface area contributed by atoms with Crippen LogP contribution in [0.25, 0.3) is 11.0 Å². The number of fused-ring (bicyclic) bond motifs is 1. The van der Waals surface area contributed by atoms with Crippen LogP contribution in [0.3, 0.4) is 0 Å². The quantitative estimate of drug-likeness (QED) is 0.914. The fraction of sp³-hybridized carbons (Fsp3) is 0.308. The standard InChI is InChI=1S/C13H13BrN4O/c14-12-10(18-7-8(6-15)5-11(18)19)2-1-9-13(12)17-4-3-16-9/h1-4,8H,5-7,15H2. The molecule has 1 aromatic carbocycles. The third kappa shape index (κ3) is 2.11. The van der Waals surface area contributed by atoms with Crippen molar-refractivity contribution in [3.8, 4) is 0 Å². The Balaban J connectivity index is 2.06. The van der Waals surface area contributed by atoms with Gasteiger partial charge < -0.3 is 10.6 Å². The van der Waals surface area contributed by atoms with Crippen molar-refractivity contribution >= 4 is 38.6 Å². The lowest BCUT2D eigenvalue weighted by Gasteiger charge is -2.18. The van der Waals surface area contributed by atoms with Crippen LogP contribution in [0.1, 0.15) is 6.42 Å². The summed E-state index contributed by atoms with van der Waals surface area (Å²) in [4.78, 5) is 22.4. The monoisotopic (exact) mass is 320 g/mol. The minimum atomic E-state index is 0.111. The number of hydrogen-bond acceptors (Lipinski definition) is 4. The fourth-order valence-corrected chi connectivity index (χ4v) is 3.02. The lowest BCUT2D eigenvalue weighted by Crippen LogP contribution is -2.26. The highest BCUT2D eigenvalue weighted by molar-refractivity contribution is 9.10. The molecule has 19 heavy (non-hydrogen) atoms. The molecule has 0 bridgehead atoms. The van der Waals surface area contributed by atoms with Gasteiger partial charge >= 0.3 is 0 Å². The van der Waals surface area contributed by atoms with Gasteiger partial charge in [-0.25, -0.2) is 0 Å². The summed E-state index contributed by atoms with van der Waals surface area (Å²) in [6, 6.07) is 3.78. The average Bonchev–Trinajstić information content (AvgIpc) is 2.81. The number of nitrogens with zero attached hydrogens (tertiary/aromatic N) is 3. The van der Waals surface area contributed by atoms with E-state index in [0.29, 0.717) is 19.5 Å². The van der Waals surface area contributed by atoms with Gasteiger partial charge in [-0.15, -0.1) is 0 Å². The maximum absolute atomic E-state index is 12.0. The first kappa shape index (κ1) is 12.5. The molecule has 2 heterocycles. The lowest BCUT2D eigenvalue weighted by atomic mass is 10.1. The van der Waals surface area contributed by atoms with E-state index in [1.165, 1.54) is 0 Å². The maximum Gasteiger partial charge on any atom is 0.227 e. The highest BCUT2D eigenvalue weighted by Crippen LogP contribution is 2.35. The number of rotatable bonds is 2. The molecule has 3 rings (SSSR count). The van der Waals surface area contributed by atoms with E-state index in [2.05, 4.69) is 25.9 Å². The van der Waals surface area contributed by atoms with E-state index < -0.39 is 0 Å². The molecule has 6 heteroatoms. The number of carbonyl (C=O) groups excluding carboxylic acids is 1. The molecule has 1 aliphatic heterocycles. The highest BCUT2D eigenvalue weighted by atomic mass is 79.9. The molecule has 98 valence electrons. The Morgan fingerprint density at radius 1 is 1.37 bits per heavy atom. The van der Waals surface area contributed by atoms with E-state index in [1.807, 2.05) is 12.1 Å². The number of nitrogens with two attached hydrogens (primary N) is 1. The van der Waals surface area contributed by atoms with Crippen LogP contribution in [-0.4, -0.2) is 29.0 Å². The van der Waals surface area contributed by atoms with Gasteiger partial charge in [0, 0.05) is 25.4 Å². The summed E-state index contributed by atoms with van der Waals surface area (Å²) in [5, 5.41) is 0. The molecule has 1 unspecified atom stereocenters. The fourth-order valence-electron chi connectivity index (χ4n) is 2.37. The van der Waals surface area contributed by atoms with Gasteiger partial charge in [0.25, 0.3) is 0 Å². The number of aromatic nitrogens is 2. The Kier molecular flexibility index (Phi) is 3.20. The molecule has 1 aliphatic rings. The van der Waals surface area contributed by atoms with Crippen LogP contribution in [0.5, 0.6) is 0 Å². The SMILES string of the molecule is NCC1CC(=O)N(c2ccc3nccnc3c2Br)C1. The van der Waals surface area contributed by atoms with Crippen molar-refractivity contribution < 1.29 is 4.79 Å². The molecule has 1 atom stereocenters. The van der Waals surface area contributed by atoms with Crippen molar-refractivity contribution in [2.24, 2.45) is 11.7 Å². The zero-order valence-corrected chi connectivity index (χ0v) is 11.8. The molecule has 0 spiro atoms. The van der Waals surface area contributed by atoms with Crippen LogP contribution in [0.4, 0.5) is 5.69 Å². The molecular formula is C13H13BrN4O. The van der Waals surface area contributed by atoms with Crippen molar-refractivity contribution in [3.63, 3.8) is 0 Å². The van der Waals surface area contributed by atoms with Gasteiger partial charge in [-0.2, -0.15) is 0 Å². The van der Waals surface area contributed by atoms with E-state index in [0.717, 1.165) is 21.2 Å². The number of benzene rings is 1. The Morgan fingerprint density at radius 2 is 2.16 bits per heavy atom. The Labute approximate surface area is 119 Å². The molecule has 0 saturated carbocycles. The Bertz CT molecular complexity index is 646. The summed E-state index contributed by atoms with van der Waals surface area (Å²) < 4.78 is 0.809.